The van der Waals surface area contributed by atoms with Gasteiger partial charge in [-0.1, -0.05) is 84.9 Å². The van der Waals surface area contributed by atoms with Crippen molar-refractivity contribution >= 4 is 93.5 Å². The number of para-hydroxylation sites is 1. The molecule has 5 nitrogen and oxygen atoms in total. The molecule has 210 valence electrons. The van der Waals surface area contributed by atoms with Gasteiger partial charge in [0.1, 0.15) is 16.7 Å². The Kier molecular flexibility index (Phi) is 4.93. The number of aromatic nitrogens is 2. The van der Waals surface area contributed by atoms with Crippen LogP contribution < -0.4 is 4.90 Å². The van der Waals surface area contributed by atoms with Gasteiger partial charge in [-0.25, -0.2) is 4.98 Å². The molecule has 5 heteroatoms. The molecule has 0 aliphatic rings. The molecule has 10 aromatic rings. The Balaban J connectivity index is 1.40. The third-order valence-electron chi connectivity index (χ3n) is 8.94. The number of anilines is 3. The average Bonchev–Trinajstić information content (AvgIpc) is 3.67. The first-order chi connectivity index (χ1) is 22.3. The van der Waals surface area contributed by atoms with Gasteiger partial charge in [0, 0.05) is 23.2 Å². The first-order valence-corrected chi connectivity index (χ1v) is 15.0. The quantitative estimate of drug-likeness (QED) is 0.196. The largest absolute Gasteiger partial charge is 0.454 e. The molecule has 0 spiro atoms. The van der Waals surface area contributed by atoms with Crippen molar-refractivity contribution in [1.29, 1.82) is 0 Å². The Bertz CT molecular complexity index is 2680. The van der Waals surface area contributed by atoms with Gasteiger partial charge in [0.05, 0.1) is 27.8 Å². The molecule has 4 aromatic heterocycles. The molecule has 0 saturated heterocycles. The van der Waals surface area contributed by atoms with Crippen LogP contribution in [0.3, 0.4) is 0 Å². The van der Waals surface area contributed by atoms with Gasteiger partial charge >= 0.3 is 0 Å². The Labute approximate surface area is 256 Å². The van der Waals surface area contributed by atoms with E-state index in [1.54, 1.807) is 0 Å². The molecule has 0 amide bonds. The van der Waals surface area contributed by atoms with Crippen LogP contribution in [-0.4, -0.2) is 9.97 Å². The van der Waals surface area contributed by atoms with Crippen LogP contribution >= 0.6 is 0 Å². The fourth-order valence-corrected chi connectivity index (χ4v) is 7.06. The van der Waals surface area contributed by atoms with E-state index in [0.717, 1.165) is 66.3 Å². The molecule has 45 heavy (non-hydrogen) atoms. The molecule has 0 aliphatic carbocycles. The third-order valence-corrected chi connectivity index (χ3v) is 8.94. The van der Waals surface area contributed by atoms with E-state index in [1.165, 1.54) is 21.5 Å². The van der Waals surface area contributed by atoms with Gasteiger partial charge in [0.2, 0.25) is 5.71 Å². The van der Waals surface area contributed by atoms with Crippen molar-refractivity contribution in [2.45, 2.75) is 0 Å². The minimum absolute atomic E-state index is 0.595. The molecule has 0 N–H and O–H groups in total. The highest BCUT2D eigenvalue weighted by atomic mass is 16.3. The lowest BCUT2D eigenvalue weighted by molar-refractivity contribution is 0.654. The number of fused-ring (bicyclic) bond motifs is 11. The molecule has 0 aliphatic heterocycles. The Morgan fingerprint density at radius 3 is 2.09 bits per heavy atom. The van der Waals surface area contributed by atoms with Gasteiger partial charge in [-0.3, -0.25) is 4.98 Å². The van der Waals surface area contributed by atoms with Crippen LogP contribution in [0.15, 0.2) is 149 Å². The lowest BCUT2D eigenvalue weighted by atomic mass is 9.94. The summed E-state index contributed by atoms with van der Waals surface area (Å²) in [4.78, 5) is 11.8. The van der Waals surface area contributed by atoms with Crippen molar-refractivity contribution in [2.24, 2.45) is 0 Å². The van der Waals surface area contributed by atoms with Crippen LogP contribution in [0.1, 0.15) is 0 Å². The highest BCUT2D eigenvalue weighted by molar-refractivity contribution is 6.25. The van der Waals surface area contributed by atoms with Crippen molar-refractivity contribution in [3.63, 3.8) is 0 Å². The maximum atomic E-state index is 6.34. The summed E-state index contributed by atoms with van der Waals surface area (Å²) < 4.78 is 12.6. The lowest BCUT2D eigenvalue weighted by Crippen LogP contribution is -2.12. The van der Waals surface area contributed by atoms with Crippen molar-refractivity contribution in [1.82, 2.24) is 9.97 Å². The van der Waals surface area contributed by atoms with Crippen LogP contribution in [-0.2, 0) is 0 Å². The number of nitrogens with zero attached hydrogens (tertiary/aromatic N) is 3. The fourth-order valence-electron chi connectivity index (χ4n) is 7.06. The van der Waals surface area contributed by atoms with Crippen molar-refractivity contribution in [3.05, 3.63) is 140 Å². The normalized spacial score (nSPS) is 12.0. The Hall–Kier alpha value is -6.20. The van der Waals surface area contributed by atoms with Gasteiger partial charge < -0.3 is 13.7 Å². The SMILES string of the molecule is c1ccc2c(c1)ccc1cc(N(c3ccnc4oc5ccccc5c34)c3cccc4oc5cccnc5c34)c3ccccc3c12. The fraction of sp³-hybridized carbons (Fsp3) is 0. The van der Waals surface area contributed by atoms with Gasteiger partial charge in [-0.15, -0.1) is 0 Å². The number of rotatable bonds is 3. The molecule has 6 aromatic carbocycles. The number of pyridine rings is 2. The summed E-state index contributed by atoms with van der Waals surface area (Å²) in [5, 5.41) is 10.1. The Morgan fingerprint density at radius 2 is 1.16 bits per heavy atom. The summed E-state index contributed by atoms with van der Waals surface area (Å²) in [6, 6.07) is 44.4. The number of benzene rings is 6. The molecule has 0 bridgehead atoms. The standard InChI is InChI=1S/C40H23N3O2/c1-2-10-26-24(9-1)18-19-25-23-32(27-11-3-4-12-28(27)36(25)26)43(30-14-7-16-34-38(30)39-35(44-34)17-8-21-41-39)31-20-22-42-40-37(31)29-13-5-6-15-33(29)45-40/h1-23H. The summed E-state index contributed by atoms with van der Waals surface area (Å²) >= 11 is 0. The molecular weight excluding hydrogens is 554 g/mol. The average molecular weight is 578 g/mol. The molecule has 10 rings (SSSR count). The minimum atomic E-state index is 0.595. The van der Waals surface area contributed by atoms with E-state index in [4.69, 9.17) is 13.8 Å². The highest BCUT2D eigenvalue weighted by Crippen LogP contribution is 2.49. The predicted molar refractivity (Wildman–Crippen MR) is 184 cm³/mol. The van der Waals surface area contributed by atoms with Crippen molar-refractivity contribution < 1.29 is 8.83 Å². The van der Waals surface area contributed by atoms with Crippen LogP contribution in [0.25, 0.3) is 76.5 Å². The second-order valence-electron chi connectivity index (χ2n) is 11.4. The van der Waals surface area contributed by atoms with E-state index < -0.39 is 0 Å². The number of hydrogen-bond acceptors (Lipinski definition) is 5. The van der Waals surface area contributed by atoms with E-state index >= 15 is 0 Å². The monoisotopic (exact) mass is 577 g/mol. The minimum Gasteiger partial charge on any atom is -0.454 e. The zero-order valence-electron chi connectivity index (χ0n) is 23.9. The summed E-state index contributed by atoms with van der Waals surface area (Å²) in [5.41, 5.74) is 6.73. The van der Waals surface area contributed by atoms with Gasteiger partial charge in [0.15, 0.2) is 5.58 Å². The molecule has 0 saturated carbocycles. The lowest BCUT2D eigenvalue weighted by Gasteiger charge is -2.28. The second-order valence-corrected chi connectivity index (χ2v) is 11.4. The van der Waals surface area contributed by atoms with Crippen LogP contribution in [0.5, 0.6) is 0 Å². The summed E-state index contributed by atoms with van der Waals surface area (Å²) in [6.07, 6.45) is 3.65. The van der Waals surface area contributed by atoms with Crippen molar-refractivity contribution in [2.75, 3.05) is 4.90 Å². The number of furan rings is 2. The van der Waals surface area contributed by atoms with Crippen LogP contribution in [0, 0.1) is 0 Å². The first kappa shape index (κ1) is 24.3. The molecule has 0 unspecified atom stereocenters. The summed E-state index contributed by atoms with van der Waals surface area (Å²) in [6.45, 7) is 0. The molecule has 0 radical (unpaired) electrons. The second kappa shape index (κ2) is 9.15. The molecule has 4 heterocycles. The molecular formula is C40H23N3O2. The maximum absolute atomic E-state index is 6.34. The molecule has 0 atom stereocenters. The maximum Gasteiger partial charge on any atom is 0.229 e. The van der Waals surface area contributed by atoms with Crippen LogP contribution in [0.2, 0.25) is 0 Å². The molecule has 0 fully saturated rings. The highest BCUT2D eigenvalue weighted by Gasteiger charge is 2.25. The van der Waals surface area contributed by atoms with E-state index in [1.807, 2.05) is 48.8 Å². The van der Waals surface area contributed by atoms with E-state index in [0.29, 0.717) is 5.71 Å². The Morgan fingerprint density at radius 1 is 0.422 bits per heavy atom. The third kappa shape index (κ3) is 3.43. The summed E-state index contributed by atoms with van der Waals surface area (Å²) in [7, 11) is 0. The predicted octanol–water partition coefficient (Wildman–Crippen LogP) is 11.2. The van der Waals surface area contributed by atoms with Crippen LogP contribution in [0.4, 0.5) is 17.1 Å². The van der Waals surface area contributed by atoms with E-state index in [2.05, 4.69) is 101 Å². The smallest absolute Gasteiger partial charge is 0.229 e. The van der Waals surface area contributed by atoms with Crippen molar-refractivity contribution in [3.8, 4) is 0 Å². The van der Waals surface area contributed by atoms with Gasteiger partial charge in [-0.2, -0.15) is 0 Å². The summed E-state index contributed by atoms with van der Waals surface area (Å²) in [5.74, 6) is 0. The first-order valence-electron chi connectivity index (χ1n) is 15.0. The van der Waals surface area contributed by atoms with E-state index in [9.17, 15) is 0 Å². The van der Waals surface area contributed by atoms with Gasteiger partial charge in [-0.05, 0) is 69.4 Å². The zero-order chi connectivity index (χ0) is 29.5. The van der Waals surface area contributed by atoms with Gasteiger partial charge in [0.25, 0.3) is 0 Å². The topological polar surface area (TPSA) is 55.3 Å². The number of hydrogen-bond donors (Lipinski definition) is 0. The van der Waals surface area contributed by atoms with E-state index in [-0.39, 0.29) is 0 Å². The zero-order valence-corrected chi connectivity index (χ0v) is 23.9.